The van der Waals surface area contributed by atoms with Crippen molar-refractivity contribution in [3.05, 3.63) is 33.8 Å². The summed E-state index contributed by atoms with van der Waals surface area (Å²) in [5.41, 5.74) is 1.19. The summed E-state index contributed by atoms with van der Waals surface area (Å²) in [6, 6.07) is 5.78. The van der Waals surface area contributed by atoms with E-state index in [1.54, 1.807) is 0 Å². The standard InChI is InChI=1S/C16H21BrCl2/c1-10(2)11-3-5-15(17)12(7-11)8-13-9-14(18)4-6-16(13)19/h4,6,9-12,15H,3,5,7-8H2,1-2H3. The van der Waals surface area contributed by atoms with E-state index in [1.807, 2.05) is 18.2 Å². The van der Waals surface area contributed by atoms with Crippen LogP contribution < -0.4 is 0 Å². The molecule has 1 saturated carbocycles. The molecule has 0 nitrogen and oxygen atoms in total. The molecule has 0 amide bonds. The van der Waals surface area contributed by atoms with Crippen LogP contribution in [0.4, 0.5) is 0 Å². The molecule has 0 spiro atoms. The van der Waals surface area contributed by atoms with Crippen molar-refractivity contribution >= 4 is 39.1 Å². The fourth-order valence-corrected chi connectivity index (χ4v) is 4.12. The maximum atomic E-state index is 6.29. The zero-order chi connectivity index (χ0) is 14.0. The lowest BCUT2D eigenvalue weighted by atomic mass is 9.74. The summed E-state index contributed by atoms with van der Waals surface area (Å²) in [4.78, 5) is 0.609. The second-order valence-electron chi connectivity index (χ2n) is 6.03. The van der Waals surface area contributed by atoms with E-state index in [2.05, 4.69) is 29.8 Å². The van der Waals surface area contributed by atoms with Crippen LogP contribution in [0.15, 0.2) is 18.2 Å². The van der Waals surface area contributed by atoms with E-state index in [-0.39, 0.29) is 0 Å². The van der Waals surface area contributed by atoms with Crippen molar-refractivity contribution in [2.45, 2.75) is 44.4 Å². The van der Waals surface area contributed by atoms with Crippen molar-refractivity contribution < 1.29 is 0 Å². The van der Waals surface area contributed by atoms with Crippen LogP contribution in [-0.2, 0) is 6.42 Å². The third kappa shape index (κ3) is 4.12. The molecular weight excluding hydrogens is 343 g/mol. The molecule has 0 aromatic heterocycles. The minimum absolute atomic E-state index is 0.609. The first-order chi connectivity index (χ1) is 8.97. The number of benzene rings is 1. The van der Waals surface area contributed by atoms with Gasteiger partial charge in [-0.05, 0) is 67.2 Å². The van der Waals surface area contributed by atoms with Crippen molar-refractivity contribution in [3.63, 3.8) is 0 Å². The molecule has 0 bridgehead atoms. The Morgan fingerprint density at radius 3 is 2.68 bits per heavy atom. The van der Waals surface area contributed by atoms with Gasteiger partial charge in [0.15, 0.2) is 0 Å². The molecule has 1 aromatic carbocycles. The van der Waals surface area contributed by atoms with Crippen molar-refractivity contribution in [2.24, 2.45) is 17.8 Å². The zero-order valence-electron chi connectivity index (χ0n) is 11.5. The van der Waals surface area contributed by atoms with Gasteiger partial charge < -0.3 is 0 Å². The molecular formula is C16H21BrCl2. The van der Waals surface area contributed by atoms with Crippen molar-refractivity contribution in [1.82, 2.24) is 0 Å². The van der Waals surface area contributed by atoms with Gasteiger partial charge in [0.1, 0.15) is 0 Å². The van der Waals surface area contributed by atoms with E-state index in [0.29, 0.717) is 10.7 Å². The third-order valence-electron chi connectivity index (χ3n) is 4.36. The zero-order valence-corrected chi connectivity index (χ0v) is 14.6. The van der Waals surface area contributed by atoms with Gasteiger partial charge in [0.05, 0.1) is 0 Å². The predicted molar refractivity (Wildman–Crippen MR) is 88.6 cm³/mol. The number of hydrogen-bond donors (Lipinski definition) is 0. The Bertz CT molecular complexity index is 431. The minimum atomic E-state index is 0.609. The highest BCUT2D eigenvalue weighted by Gasteiger charge is 2.30. The second-order valence-corrected chi connectivity index (χ2v) is 8.05. The van der Waals surface area contributed by atoms with Crippen LogP contribution in [0.25, 0.3) is 0 Å². The summed E-state index contributed by atoms with van der Waals surface area (Å²) in [5, 5.41) is 1.62. The lowest BCUT2D eigenvalue weighted by Gasteiger charge is -2.35. The Balaban J connectivity index is 2.09. The Kier molecular flexibility index (Phi) is 5.63. The van der Waals surface area contributed by atoms with Gasteiger partial charge in [-0.2, -0.15) is 0 Å². The van der Waals surface area contributed by atoms with Crippen LogP contribution in [0, 0.1) is 17.8 Å². The molecule has 0 aliphatic heterocycles. The molecule has 1 aliphatic rings. The van der Waals surface area contributed by atoms with Crippen LogP contribution in [0.2, 0.25) is 10.0 Å². The Morgan fingerprint density at radius 2 is 2.00 bits per heavy atom. The maximum absolute atomic E-state index is 6.29. The van der Waals surface area contributed by atoms with Gasteiger partial charge in [0.25, 0.3) is 0 Å². The van der Waals surface area contributed by atoms with Crippen molar-refractivity contribution in [2.75, 3.05) is 0 Å². The van der Waals surface area contributed by atoms with Crippen LogP contribution in [0.1, 0.15) is 38.7 Å². The number of halogens is 3. The highest BCUT2D eigenvalue weighted by Crippen LogP contribution is 2.39. The smallest absolute Gasteiger partial charge is 0.0439 e. The highest BCUT2D eigenvalue weighted by atomic mass is 79.9. The molecule has 0 heterocycles. The molecule has 1 fully saturated rings. The summed E-state index contributed by atoms with van der Waals surface area (Å²) in [6.45, 7) is 4.67. The molecule has 0 N–H and O–H groups in total. The normalized spacial score (nSPS) is 27.8. The molecule has 3 unspecified atom stereocenters. The van der Waals surface area contributed by atoms with Crippen LogP contribution in [0.5, 0.6) is 0 Å². The quantitative estimate of drug-likeness (QED) is 0.547. The third-order valence-corrected chi connectivity index (χ3v) is 6.17. The molecule has 106 valence electrons. The maximum Gasteiger partial charge on any atom is 0.0439 e. The van der Waals surface area contributed by atoms with Crippen molar-refractivity contribution in [3.8, 4) is 0 Å². The summed E-state index contributed by atoms with van der Waals surface area (Å²) in [6.07, 6.45) is 4.92. The second kappa shape index (κ2) is 6.83. The molecule has 1 aliphatic carbocycles. The highest BCUT2D eigenvalue weighted by molar-refractivity contribution is 9.09. The topological polar surface area (TPSA) is 0 Å². The summed E-state index contributed by atoms with van der Waals surface area (Å²) < 4.78 is 0. The molecule has 3 atom stereocenters. The Morgan fingerprint density at radius 1 is 1.26 bits per heavy atom. The molecule has 0 radical (unpaired) electrons. The van der Waals surface area contributed by atoms with E-state index in [9.17, 15) is 0 Å². The Labute approximate surface area is 135 Å². The average Bonchev–Trinajstić information content (AvgIpc) is 2.36. The van der Waals surface area contributed by atoms with Crippen LogP contribution >= 0.6 is 39.1 Å². The van der Waals surface area contributed by atoms with Crippen molar-refractivity contribution in [1.29, 1.82) is 0 Å². The first-order valence-corrected chi connectivity index (χ1v) is 8.72. The van der Waals surface area contributed by atoms with Gasteiger partial charge >= 0.3 is 0 Å². The largest absolute Gasteiger partial charge is 0.0888 e. The van der Waals surface area contributed by atoms with E-state index < -0.39 is 0 Å². The fourth-order valence-electron chi connectivity index (χ4n) is 3.06. The van der Waals surface area contributed by atoms with Gasteiger partial charge in [-0.15, -0.1) is 0 Å². The summed E-state index contributed by atoms with van der Waals surface area (Å²) in [5.74, 6) is 2.28. The van der Waals surface area contributed by atoms with E-state index >= 15 is 0 Å². The number of hydrogen-bond acceptors (Lipinski definition) is 0. The average molecular weight is 364 g/mol. The monoisotopic (exact) mass is 362 g/mol. The molecule has 1 aromatic rings. The number of alkyl halides is 1. The van der Waals surface area contributed by atoms with E-state index in [0.717, 1.165) is 28.3 Å². The first kappa shape index (κ1) is 15.7. The number of rotatable bonds is 3. The van der Waals surface area contributed by atoms with Gasteiger partial charge in [-0.1, -0.05) is 53.0 Å². The van der Waals surface area contributed by atoms with Gasteiger partial charge in [-0.3, -0.25) is 0 Å². The fraction of sp³-hybridized carbons (Fsp3) is 0.625. The molecule has 19 heavy (non-hydrogen) atoms. The van der Waals surface area contributed by atoms with Gasteiger partial charge in [0.2, 0.25) is 0 Å². The predicted octanol–water partition coefficient (Wildman–Crippen LogP) is 6.37. The molecule has 3 heteroatoms. The van der Waals surface area contributed by atoms with E-state index in [4.69, 9.17) is 23.2 Å². The minimum Gasteiger partial charge on any atom is -0.0888 e. The lowest BCUT2D eigenvalue weighted by Crippen LogP contribution is -2.29. The summed E-state index contributed by atoms with van der Waals surface area (Å²) >= 11 is 16.2. The molecule has 0 saturated heterocycles. The van der Waals surface area contributed by atoms with Crippen LogP contribution in [0.3, 0.4) is 0 Å². The summed E-state index contributed by atoms with van der Waals surface area (Å²) in [7, 11) is 0. The Hall–Kier alpha value is 0.280. The lowest BCUT2D eigenvalue weighted by molar-refractivity contribution is 0.223. The SMILES string of the molecule is CC(C)C1CCC(Br)C(Cc2cc(Cl)ccc2Cl)C1. The molecule has 2 rings (SSSR count). The van der Waals surface area contributed by atoms with Gasteiger partial charge in [-0.25, -0.2) is 0 Å². The van der Waals surface area contributed by atoms with E-state index in [1.165, 1.54) is 24.8 Å². The van der Waals surface area contributed by atoms with Gasteiger partial charge in [0, 0.05) is 14.9 Å². The van der Waals surface area contributed by atoms with Crippen LogP contribution in [-0.4, -0.2) is 4.83 Å². The first-order valence-electron chi connectivity index (χ1n) is 7.05.